The molecule has 0 radical (unpaired) electrons. The maximum atomic E-state index is 12.6. The highest BCUT2D eigenvalue weighted by Gasteiger charge is 2.24. The number of rotatable bonds is 4. The number of benzene rings is 1. The Morgan fingerprint density at radius 2 is 1.93 bits per heavy atom. The first-order chi connectivity index (χ1) is 13.5. The summed E-state index contributed by atoms with van der Waals surface area (Å²) in [6, 6.07) is 9.68. The number of para-hydroxylation sites is 2. The fourth-order valence-corrected chi connectivity index (χ4v) is 3.16. The Hall–Kier alpha value is -3.36. The number of hydrogen-bond donors (Lipinski definition) is 0. The maximum absolute atomic E-state index is 12.6. The Morgan fingerprint density at radius 3 is 2.61 bits per heavy atom. The Morgan fingerprint density at radius 1 is 1.18 bits per heavy atom. The van der Waals surface area contributed by atoms with E-state index in [2.05, 4.69) is 10.1 Å². The summed E-state index contributed by atoms with van der Waals surface area (Å²) in [5.74, 6) is -0.121. The van der Waals surface area contributed by atoms with Crippen molar-refractivity contribution in [1.29, 1.82) is 0 Å². The van der Waals surface area contributed by atoms with Crippen molar-refractivity contribution >= 4 is 28.7 Å². The van der Waals surface area contributed by atoms with Crippen molar-refractivity contribution in [2.75, 3.05) is 50.1 Å². The van der Waals surface area contributed by atoms with Crippen molar-refractivity contribution in [1.82, 2.24) is 19.7 Å². The van der Waals surface area contributed by atoms with E-state index in [1.54, 1.807) is 16.0 Å². The van der Waals surface area contributed by atoms with Crippen molar-refractivity contribution in [3.63, 3.8) is 0 Å². The van der Waals surface area contributed by atoms with E-state index in [0.717, 1.165) is 11.1 Å². The zero-order valence-corrected chi connectivity index (χ0v) is 15.9. The van der Waals surface area contributed by atoms with Crippen molar-refractivity contribution < 1.29 is 9.21 Å². The number of anilines is 2. The van der Waals surface area contributed by atoms with Gasteiger partial charge in [-0.05, 0) is 12.1 Å². The van der Waals surface area contributed by atoms with E-state index in [9.17, 15) is 9.59 Å². The Balaban J connectivity index is 1.38. The van der Waals surface area contributed by atoms with Crippen LogP contribution in [0.5, 0.6) is 0 Å². The van der Waals surface area contributed by atoms with Crippen LogP contribution in [0.1, 0.15) is 0 Å². The van der Waals surface area contributed by atoms with Gasteiger partial charge in [0.15, 0.2) is 5.58 Å². The van der Waals surface area contributed by atoms with Crippen LogP contribution in [-0.2, 0) is 11.3 Å². The Kier molecular flexibility index (Phi) is 4.72. The molecule has 0 spiro atoms. The van der Waals surface area contributed by atoms with Crippen LogP contribution in [0.2, 0.25) is 0 Å². The second-order valence-electron chi connectivity index (χ2n) is 6.94. The summed E-state index contributed by atoms with van der Waals surface area (Å²) in [6.45, 7) is 2.28. The van der Waals surface area contributed by atoms with Crippen LogP contribution in [0.4, 0.5) is 11.7 Å². The molecule has 146 valence electrons. The quantitative estimate of drug-likeness (QED) is 0.659. The van der Waals surface area contributed by atoms with E-state index in [1.807, 2.05) is 43.3 Å². The summed E-state index contributed by atoms with van der Waals surface area (Å²) in [6.07, 6.45) is 1.58. The first kappa shape index (κ1) is 18.0. The highest BCUT2D eigenvalue weighted by atomic mass is 16.4. The van der Waals surface area contributed by atoms with Gasteiger partial charge in [0.05, 0.1) is 11.9 Å². The highest BCUT2D eigenvalue weighted by molar-refractivity contribution is 5.76. The van der Waals surface area contributed by atoms with Gasteiger partial charge >= 0.3 is 0 Å². The zero-order valence-electron chi connectivity index (χ0n) is 15.9. The van der Waals surface area contributed by atoms with E-state index < -0.39 is 0 Å². The molecule has 2 aromatic heterocycles. The molecule has 1 fully saturated rings. The van der Waals surface area contributed by atoms with Crippen molar-refractivity contribution in [2.24, 2.45) is 0 Å². The van der Waals surface area contributed by atoms with Gasteiger partial charge in [-0.25, -0.2) is 4.68 Å². The SMILES string of the molecule is CN(C)c1cnn(CC(=O)N2CCN(c3nc4ccccc4o3)CC2)c(=O)c1. The second kappa shape index (κ2) is 7.34. The Labute approximate surface area is 161 Å². The molecule has 1 saturated heterocycles. The van der Waals surface area contributed by atoms with Gasteiger partial charge < -0.3 is 19.1 Å². The Bertz CT molecular complexity index is 1020. The van der Waals surface area contributed by atoms with Crippen LogP contribution in [0.25, 0.3) is 11.1 Å². The molecule has 9 heteroatoms. The molecular weight excluding hydrogens is 360 g/mol. The molecule has 1 aliphatic rings. The minimum absolute atomic E-state index is 0.0601. The van der Waals surface area contributed by atoms with E-state index in [-0.39, 0.29) is 18.0 Å². The first-order valence-corrected chi connectivity index (χ1v) is 9.14. The molecule has 1 amide bonds. The number of aromatic nitrogens is 3. The van der Waals surface area contributed by atoms with Crippen molar-refractivity contribution in [3.05, 3.63) is 46.9 Å². The lowest BCUT2D eigenvalue weighted by molar-refractivity contribution is -0.132. The lowest BCUT2D eigenvalue weighted by atomic mass is 10.3. The zero-order chi connectivity index (χ0) is 19.7. The summed E-state index contributed by atoms with van der Waals surface area (Å²) in [5.41, 5.74) is 2.00. The summed E-state index contributed by atoms with van der Waals surface area (Å²) in [7, 11) is 3.67. The number of carbonyl (C=O) groups is 1. The molecule has 28 heavy (non-hydrogen) atoms. The van der Waals surface area contributed by atoms with Gasteiger partial charge in [-0.2, -0.15) is 10.1 Å². The van der Waals surface area contributed by atoms with Crippen LogP contribution in [-0.4, -0.2) is 65.8 Å². The number of fused-ring (bicyclic) bond motifs is 1. The lowest BCUT2D eigenvalue weighted by Gasteiger charge is -2.33. The third kappa shape index (κ3) is 3.55. The van der Waals surface area contributed by atoms with Gasteiger partial charge in [-0.3, -0.25) is 9.59 Å². The molecule has 0 N–H and O–H groups in total. The molecule has 0 aliphatic carbocycles. The van der Waals surface area contributed by atoms with Crippen LogP contribution in [0.3, 0.4) is 0 Å². The number of amides is 1. The van der Waals surface area contributed by atoms with E-state index in [4.69, 9.17) is 4.42 Å². The number of nitrogens with zero attached hydrogens (tertiary/aromatic N) is 6. The van der Waals surface area contributed by atoms with Crippen LogP contribution in [0.15, 0.2) is 45.7 Å². The van der Waals surface area contributed by atoms with Gasteiger partial charge in [0.1, 0.15) is 12.1 Å². The number of carbonyl (C=O) groups excluding carboxylic acids is 1. The molecule has 1 aromatic carbocycles. The molecule has 0 unspecified atom stereocenters. The predicted molar refractivity (Wildman–Crippen MR) is 106 cm³/mol. The fraction of sp³-hybridized carbons (Fsp3) is 0.368. The smallest absolute Gasteiger partial charge is 0.298 e. The molecule has 9 nitrogen and oxygen atoms in total. The predicted octanol–water partition coefficient (Wildman–Crippen LogP) is 0.799. The standard InChI is InChI=1S/C19H22N6O3/c1-22(2)14-11-17(26)25(20-12-14)13-18(27)23-7-9-24(10-8-23)19-21-15-5-3-4-6-16(15)28-19/h3-6,11-12H,7-10,13H2,1-2H3. The van der Waals surface area contributed by atoms with Gasteiger partial charge in [0.2, 0.25) is 5.91 Å². The fourth-order valence-electron chi connectivity index (χ4n) is 3.16. The maximum Gasteiger partial charge on any atom is 0.298 e. The van der Waals surface area contributed by atoms with Gasteiger partial charge in [-0.15, -0.1) is 0 Å². The summed E-state index contributed by atoms with van der Waals surface area (Å²) < 4.78 is 6.99. The minimum Gasteiger partial charge on any atom is -0.423 e. The number of hydrogen-bond acceptors (Lipinski definition) is 7. The van der Waals surface area contributed by atoms with Crippen LogP contribution >= 0.6 is 0 Å². The molecule has 0 saturated carbocycles. The summed E-state index contributed by atoms with van der Waals surface area (Å²) >= 11 is 0. The molecule has 0 atom stereocenters. The van der Waals surface area contributed by atoms with Crippen molar-refractivity contribution in [2.45, 2.75) is 6.54 Å². The average molecular weight is 382 g/mol. The molecule has 1 aliphatic heterocycles. The monoisotopic (exact) mass is 382 g/mol. The van der Waals surface area contributed by atoms with Gasteiger partial charge in [0.25, 0.3) is 11.6 Å². The average Bonchev–Trinajstić information content (AvgIpc) is 3.13. The molecule has 4 rings (SSSR count). The van der Waals surface area contributed by atoms with Crippen LogP contribution < -0.4 is 15.4 Å². The van der Waals surface area contributed by atoms with Crippen LogP contribution in [0, 0.1) is 0 Å². The van der Waals surface area contributed by atoms with E-state index >= 15 is 0 Å². The molecule has 3 heterocycles. The van der Waals surface area contributed by atoms with Gasteiger partial charge in [-0.1, -0.05) is 12.1 Å². The summed E-state index contributed by atoms with van der Waals surface area (Å²) in [5, 5.41) is 4.10. The summed E-state index contributed by atoms with van der Waals surface area (Å²) in [4.78, 5) is 34.8. The third-order valence-electron chi connectivity index (χ3n) is 4.84. The molecule has 0 bridgehead atoms. The normalized spacial score (nSPS) is 14.5. The van der Waals surface area contributed by atoms with E-state index in [0.29, 0.717) is 37.9 Å². The van der Waals surface area contributed by atoms with Gasteiger partial charge in [0, 0.05) is 46.3 Å². The largest absolute Gasteiger partial charge is 0.423 e. The lowest BCUT2D eigenvalue weighted by Crippen LogP contribution is -2.50. The minimum atomic E-state index is -0.287. The number of oxazole rings is 1. The highest BCUT2D eigenvalue weighted by Crippen LogP contribution is 2.22. The molecule has 3 aromatic rings. The molecular formula is C19H22N6O3. The first-order valence-electron chi connectivity index (χ1n) is 9.14. The third-order valence-corrected chi connectivity index (χ3v) is 4.84. The second-order valence-corrected chi connectivity index (χ2v) is 6.94. The van der Waals surface area contributed by atoms with Crippen molar-refractivity contribution in [3.8, 4) is 0 Å². The van der Waals surface area contributed by atoms with E-state index in [1.165, 1.54) is 10.7 Å². The topological polar surface area (TPSA) is 87.7 Å². The number of piperazine rings is 1.